The number of rotatable bonds is 3. The molecule has 0 unspecified atom stereocenters. The molecule has 6 heteroatoms. The maximum atomic E-state index is 11.3. The Morgan fingerprint density at radius 3 is 2.80 bits per heavy atom. The number of carbonyl (C=O) groups is 1. The van der Waals surface area contributed by atoms with Crippen LogP contribution in [0.2, 0.25) is 0 Å². The summed E-state index contributed by atoms with van der Waals surface area (Å²) in [5.41, 5.74) is 0.132. The first kappa shape index (κ1) is 11.4. The predicted octanol–water partition coefficient (Wildman–Crippen LogP) is 0.785. The standard InChI is InChI=1S/C9H9NO4S/c1-3-15(12,13)8-6-7(4-5-10-8)9(11)14-2/h3-6H,1H2,2H3. The number of pyridine rings is 1. The van der Waals surface area contributed by atoms with Gasteiger partial charge in [-0.25, -0.2) is 18.2 Å². The van der Waals surface area contributed by atoms with Gasteiger partial charge >= 0.3 is 5.97 Å². The van der Waals surface area contributed by atoms with Crippen molar-refractivity contribution in [1.82, 2.24) is 4.98 Å². The van der Waals surface area contributed by atoms with Crippen LogP contribution in [0, 0.1) is 0 Å². The van der Waals surface area contributed by atoms with Gasteiger partial charge in [0.2, 0.25) is 9.84 Å². The van der Waals surface area contributed by atoms with Crippen molar-refractivity contribution in [1.29, 1.82) is 0 Å². The van der Waals surface area contributed by atoms with E-state index >= 15 is 0 Å². The van der Waals surface area contributed by atoms with E-state index in [1.54, 1.807) is 0 Å². The molecule has 0 aliphatic carbocycles. The summed E-state index contributed by atoms with van der Waals surface area (Å²) >= 11 is 0. The first-order valence-corrected chi connectivity index (χ1v) is 5.48. The van der Waals surface area contributed by atoms with E-state index in [1.807, 2.05) is 0 Å². The molecule has 0 atom stereocenters. The number of ether oxygens (including phenoxy) is 1. The average molecular weight is 227 g/mol. The Morgan fingerprint density at radius 2 is 2.27 bits per heavy atom. The molecule has 1 aromatic heterocycles. The molecular weight excluding hydrogens is 218 g/mol. The number of esters is 1. The fraction of sp³-hybridized carbons (Fsp3) is 0.111. The van der Waals surface area contributed by atoms with Gasteiger partial charge in [-0.05, 0) is 12.1 Å². The van der Waals surface area contributed by atoms with Crippen LogP contribution in [0.5, 0.6) is 0 Å². The third-order valence-electron chi connectivity index (χ3n) is 1.67. The minimum absolute atomic E-state index is 0.132. The number of hydrogen-bond donors (Lipinski definition) is 0. The van der Waals surface area contributed by atoms with Crippen LogP contribution >= 0.6 is 0 Å². The Hall–Kier alpha value is -1.69. The number of carbonyl (C=O) groups excluding carboxylic acids is 1. The highest BCUT2D eigenvalue weighted by Crippen LogP contribution is 2.11. The molecule has 0 saturated carbocycles. The molecule has 0 N–H and O–H groups in total. The van der Waals surface area contributed by atoms with Crippen molar-refractivity contribution in [2.75, 3.05) is 7.11 Å². The lowest BCUT2D eigenvalue weighted by Gasteiger charge is -2.01. The zero-order valence-electron chi connectivity index (χ0n) is 8.00. The van der Waals surface area contributed by atoms with E-state index < -0.39 is 15.8 Å². The lowest BCUT2D eigenvalue weighted by atomic mass is 10.3. The van der Waals surface area contributed by atoms with Crippen LogP contribution in [0.3, 0.4) is 0 Å². The summed E-state index contributed by atoms with van der Waals surface area (Å²) in [6, 6.07) is 2.51. The molecule has 0 aromatic carbocycles. The summed E-state index contributed by atoms with van der Waals surface area (Å²) in [6.07, 6.45) is 1.22. The lowest BCUT2D eigenvalue weighted by molar-refractivity contribution is 0.0600. The van der Waals surface area contributed by atoms with Crippen molar-refractivity contribution in [3.63, 3.8) is 0 Å². The molecule has 1 heterocycles. The van der Waals surface area contributed by atoms with E-state index in [0.717, 1.165) is 11.5 Å². The van der Waals surface area contributed by atoms with Gasteiger partial charge in [-0.1, -0.05) is 6.58 Å². The lowest BCUT2D eigenvalue weighted by Crippen LogP contribution is -2.05. The number of nitrogens with zero attached hydrogens (tertiary/aromatic N) is 1. The van der Waals surface area contributed by atoms with Gasteiger partial charge in [-0.15, -0.1) is 0 Å². The third-order valence-corrected chi connectivity index (χ3v) is 2.91. The summed E-state index contributed by atoms with van der Waals surface area (Å²) in [6.45, 7) is 3.16. The Balaban J connectivity index is 3.25. The van der Waals surface area contributed by atoms with Gasteiger partial charge < -0.3 is 4.74 Å². The summed E-state index contributed by atoms with van der Waals surface area (Å²) in [7, 11) is -2.40. The second-order valence-corrected chi connectivity index (χ2v) is 4.43. The van der Waals surface area contributed by atoms with Crippen molar-refractivity contribution in [2.24, 2.45) is 0 Å². The molecule has 0 aliphatic rings. The summed E-state index contributed by atoms with van der Waals surface area (Å²) < 4.78 is 27.1. The molecule has 0 spiro atoms. The first-order chi connectivity index (χ1) is 7.01. The van der Waals surface area contributed by atoms with Crippen LogP contribution in [0.4, 0.5) is 0 Å². The number of sulfone groups is 1. The highest BCUT2D eigenvalue weighted by molar-refractivity contribution is 7.94. The van der Waals surface area contributed by atoms with E-state index in [4.69, 9.17) is 0 Å². The molecule has 1 rings (SSSR count). The van der Waals surface area contributed by atoms with E-state index in [0.29, 0.717) is 0 Å². The van der Waals surface area contributed by atoms with Crippen molar-refractivity contribution >= 4 is 15.8 Å². The van der Waals surface area contributed by atoms with Crippen molar-refractivity contribution in [3.05, 3.63) is 35.9 Å². The van der Waals surface area contributed by atoms with E-state index in [-0.39, 0.29) is 10.6 Å². The van der Waals surface area contributed by atoms with Crippen LogP contribution in [0.1, 0.15) is 10.4 Å². The van der Waals surface area contributed by atoms with Gasteiger partial charge in [0, 0.05) is 11.6 Å². The van der Waals surface area contributed by atoms with Crippen LogP contribution in [-0.2, 0) is 14.6 Å². The van der Waals surface area contributed by atoms with E-state index in [1.165, 1.54) is 19.4 Å². The van der Waals surface area contributed by atoms with E-state index in [2.05, 4.69) is 16.3 Å². The van der Waals surface area contributed by atoms with Gasteiger partial charge in [0.15, 0.2) is 5.03 Å². The third kappa shape index (κ3) is 2.41. The Morgan fingerprint density at radius 1 is 1.60 bits per heavy atom. The molecule has 80 valence electrons. The SMILES string of the molecule is C=CS(=O)(=O)c1cc(C(=O)OC)ccn1. The zero-order valence-corrected chi connectivity index (χ0v) is 8.82. The number of aromatic nitrogens is 1. The molecule has 0 aliphatic heterocycles. The fourth-order valence-corrected chi connectivity index (χ4v) is 1.57. The smallest absolute Gasteiger partial charge is 0.338 e. The summed E-state index contributed by atoms with van der Waals surface area (Å²) in [5, 5.41) is 0.552. The normalized spacial score (nSPS) is 10.7. The van der Waals surface area contributed by atoms with Crippen LogP contribution in [0.25, 0.3) is 0 Å². The molecule has 0 fully saturated rings. The molecule has 15 heavy (non-hydrogen) atoms. The molecule has 0 amide bonds. The van der Waals surface area contributed by atoms with Gasteiger partial charge in [0.1, 0.15) is 0 Å². The maximum absolute atomic E-state index is 11.3. The van der Waals surface area contributed by atoms with E-state index in [9.17, 15) is 13.2 Å². The first-order valence-electron chi connectivity index (χ1n) is 3.93. The van der Waals surface area contributed by atoms with Crippen LogP contribution < -0.4 is 0 Å². The van der Waals surface area contributed by atoms with Gasteiger partial charge in [-0.2, -0.15) is 0 Å². The number of hydrogen-bond acceptors (Lipinski definition) is 5. The Labute approximate surface area is 87.3 Å². The van der Waals surface area contributed by atoms with Crippen molar-refractivity contribution in [2.45, 2.75) is 5.03 Å². The molecule has 5 nitrogen and oxygen atoms in total. The Kier molecular flexibility index (Phi) is 3.21. The topological polar surface area (TPSA) is 73.3 Å². The Bertz CT molecular complexity index is 493. The monoisotopic (exact) mass is 227 g/mol. The minimum Gasteiger partial charge on any atom is -0.465 e. The fourth-order valence-electron chi connectivity index (χ4n) is 0.895. The second kappa shape index (κ2) is 4.22. The molecule has 1 aromatic rings. The highest BCUT2D eigenvalue weighted by Gasteiger charge is 2.14. The minimum atomic E-state index is -3.62. The van der Waals surface area contributed by atoms with Gasteiger partial charge in [0.25, 0.3) is 0 Å². The molecule has 0 bridgehead atoms. The van der Waals surface area contributed by atoms with Gasteiger partial charge in [-0.3, -0.25) is 0 Å². The second-order valence-electron chi connectivity index (χ2n) is 2.59. The summed E-state index contributed by atoms with van der Waals surface area (Å²) in [4.78, 5) is 14.7. The van der Waals surface area contributed by atoms with Crippen LogP contribution in [-0.4, -0.2) is 26.5 Å². The largest absolute Gasteiger partial charge is 0.465 e. The van der Waals surface area contributed by atoms with Crippen molar-refractivity contribution < 1.29 is 17.9 Å². The number of methoxy groups -OCH3 is 1. The van der Waals surface area contributed by atoms with Crippen molar-refractivity contribution in [3.8, 4) is 0 Å². The highest BCUT2D eigenvalue weighted by atomic mass is 32.2. The quantitative estimate of drug-likeness (QED) is 0.713. The molecule has 0 radical (unpaired) electrons. The van der Waals surface area contributed by atoms with Crippen LogP contribution in [0.15, 0.2) is 35.3 Å². The summed E-state index contributed by atoms with van der Waals surface area (Å²) in [5.74, 6) is -0.613. The zero-order chi connectivity index (χ0) is 11.5. The predicted molar refractivity (Wildman–Crippen MR) is 53.0 cm³/mol. The van der Waals surface area contributed by atoms with Gasteiger partial charge in [0.05, 0.1) is 12.7 Å². The maximum Gasteiger partial charge on any atom is 0.338 e. The average Bonchev–Trinajstić information content (AvgIpc) is 2.28. The molecular formula is C9H9NO4S. The molecule has 0 saturated heterocycles.